The standard InChI is InChI=1S/C18H28ClN3/c1-15-5-7-18(14-20,8-6-15)22-11-9-21(10-12-22)17-4-2-3-16(19)13-17/h2-4,13,15H,5-12,14,20H2,1H3/p+2. The zero-order chi connectivity index (χ0) is 15.6. The zero-order valence-electron chi connectivity index (χ0n) is 13.8. The van der Waals surface area contributed by atoms with Crippen LogP contribution in [0, 0.1) is 5.92 Å². The van der Waals surface area contributed by atoms with E-state index in [1.807, 2.05) is 6.07 Å². The fourth-order valence-electron chi connectivity index (χ4n) is 4.33. The van der Waals surface area contributed by atoms with Gasteiger partial charge in [-0.15, -0.1) is 0 Å². The molecule has 1 aromatic rings. The number of nitrogens with one attached hydrogen (secondary N) is 1. The molecule has 1 saturated carbocycles. The second-order valence-corrected chi connectivity index (χ2v) is 7.72. The van der Waals surface area contributed by atoms with Gasteiger partial charge in [0, 0.05) is 23.6 Å². The van der Waals surface area contributed by atoms with Crippen LogP contribution in [0.1, 0.15) is 32.6 Å². The first-order valence-corrected chi connectivity index (χ1v) is 9.16. The Balaban J connectivity index is 1.63. The predicted molar refractivity (Wildman–Crippen MR) is 92.5 cm³/mol. The van der Waals surface area contributed by atoms with E-state index in [0.717, 1.165) is 30.6 Å². The van der Waals surface area contributed by atoms with Crippen molar-refractivity contribution in [3.63, 3.8) is 0 Å². The van der Waals surface area contributed by atoms with E-state index in [1.165, 1.54) is 44.5 Å². The van der Waals surface area contributed by atoms with E-state index < -0.39 is 0 Å². The summed E-state index contributed by atoms with van der Waals surface area (Å²) in [5.74, 6) is 0.909. The highest BCUT2D eigenvalue weighted by molar-refractivity contribution is 6.30. The molecular weight excluding hydrogens is 294 g/mol. The van der Waals surface area contributed by atoms with Gasteiger partial charge >= 0.3 is 0 Å². The minimum atomic E-state index is 0.451. The van der Waals surface area contributed by atoms with E-state index in [4.69, 9.17) is 11.6 Å². The molecule has 1 aromatic carbocycles. The van der Waals surface area contributed by atoms with E-state index in [9.17, 15) is 0 Å². The Kier molecular flexibility index (Phi) is 4.96. The lowest BCUT2D eigenvalue weighted by atomic mass is 9.75. The molecule has 0 aromatic heterocycles. The number of halogens is 1. The molecule has 22 heavy (non-hydrogen) atoms. The maximum atomic E-state index is 6.13. The van der Waals surface area contributed by atoms with Crippen LogP contribution in [-0.2, 0) is 0 Å². The Morgan fingerprint density at radius 3 is 2.55 bits per heavy atom. The first-order valence-electron chi connectivity index (χ1n) is 8.78. The van der Waals surface area contributed by atoms with Gasteiger partial charge in [0.05, 0.1) is 26.2 Å². The van der Waals surface area contributed by atoms with E-state index >= 15 is 0 Å². The van der Waals surface area contributed by atoms with Crippen molar-refractivity contribution in [1.29, 1.82) is 0 Å². The van der Waals surface area contributed by atoms with Crippen LogP contribution < -0.4 is 15.5 Å². The Hall–Kier alpha value is -0.770. The molecule has 2 fully saturated rings. The molecule has 0 radical (unpaired) electrons. The van der Waals surface area contributed by atoms with E-state index in [-0.39, 0.29) is 0 Å². The van der Waals surface area contributed by atoms with Gasteiger partial charge in [0.1, 0.15) is 12.1 Å². The first-order chi connectivity index (χ1) is 10.6. The molecule has 2 aliphatic rings. The molecule has 4 heteroatoms. The number of benzene rings is 1. The molecule has 1 aliphatic carbocycles. The third kappa shape index (κ3) is 3.27. The van der Waals surface area contributed by atoms with Gasteiger partial charge in [0.15, 0.2) is 0 Å². The average molecular weight is 324 g/mol. The molecule has 0 atom stereocenters. The number of hydrogen-bond donors (Lipinski definition) is 2. The molecule has 1 aliphatic heterocycles. The predicted octanol–water partition coefficient (Wildman–Crippen LogP) is 1.24. The highest BCUT2D eigenvalue weighted by atomic mass is 35.5. The summed E-state index contributed by atoms with van der Waals surface area (Å²) >= 11 is 6.13. The number of piperazine rings is 1. The monoisotopic (exact) mass is 323 g/mol. The lowest BCUT2D eigenvalue weighted by Crippen LogP contribution is -3.24. The number of hydrogen-bond acceptors (Lipinski definition) is 1. The fraction of sp³-hybridized carbons (Fsp3) is 0.667. The third-order valence-corrected chi connectivity index (χ3v) is 6.24. The summed E-state index contributed by atoms with van der Waals surface area (Å²) in [6, 6.07) is 8.27. The van der Waals surface area contributed by atoms with Crippen molar-refractivity contribution in [2.45, 2.75) is 38.1 Å². The smallest absolute Gasteiger partial charge is 0.147 e. The highest BCUT2D eigenvalue weighted by Crippen LogP contribution is 2.29. The van der Waals surface area contributed by atoms with Crippen molar-refractivity contribution in [3.8, 4) is 0 Å². The van der Waals surface area contributed by atoms with Crippen molar-refractivity contribution in [3.05, 3.63) is 29.3 Å². The van der Waals surface area contributed by atoms with Crippen LogP contribution >= 0.6 is 11.6 Å². The van der Waals surface area contributed by atoms with Crippen molar-refractivity contribution in [2.24, 2.45) is 5.92 Å². The lowest BCUT2D eigenvalue weighted by molar-refractivity contribution is -0.961. The maximum Gasteiger partial charge on any atom is 0.147 e. The van der Waals surface area contributed by atoms with E-state index in [2.05, 4.69) is 35.8 Å². The van der Waals surface area contributed by atoms with Crippen LogP contribution in [0.2, 0.25) is 5.02 Å². The third-order valence-electron chi connectivity index (χ3n) is 6.00. The topological polar surface area (TPSA) is 35.3 Å². The van der Waals surface area contributed by atoms with Crippen LogP contribution in [0.3, 0.4) is 0 Å². The summed E-state index contributed by atoms with van der Waals surface area (Å²) in [6.07, 6.45) is 5.50. The van der Waals surface area contributed by atoms with Crippen molar-refractivity contribution in [2.75, 3.05) is 37.6 Å². The second kappa shape index (κ2) is 6.77. The number of rotatable bonds is 3. The Labute approximate surface area is 139 Å². The SMILES string of the molecule is CC1CCC(C[NH3+])([NH+]2CCN(c3cccc(Cl)c3)CC2)CC1. The largest absolute Gasteiger partial charge is 0.360 e. The van der Waals surface area contributed by atoms with Gasteiger partial charge in [-0.1, -0.05) is 24.6 Å². The minimum Gasteiger partial charge on any atom is -0.360 e. The molecule has 4 N–H and O–H groups in total. The summed E-state index contributed by atoms with van der Waals surface area (Å²) in [7, 11) is 0. The van der Waals surface area contributed by atoms with Gasteiger partial charge in [-0.05, 0) is 37.0 Å². The normalized spacial score (nSPS) is 30.5. The van der Waals surface area contributed by atoms with Crippen LogP contribution in [0.25, 0.3) is 0 Å². The Bertz CT molecular complexity index is 489. The zero-order valence-corrected chi connectivity index (χ0v) is 14.5. The van der Waals surface area contributed by atoms with Crippen LogP contribution in [-0.4, -0.2) is 38.3 Å². The molecule has 1 saturated heterocycles. The van der Waals surface area contributed by atoms with E-state index in [1.54, 1.807) is 4.90 Å². The molecule has 122 valence electrons. The van der Waals surface area contributed by atoms with Crippen LogP contribution in [0.15, 0.2) is 24.3 Å². The summed E-state index contributed by atoms with van der Waals surface area (Å²) in [4.78, 5) is 4.28. The van der Waals surface area contributed by atoms with Gasteiger partial charge in [0.25, 0.3) is 0 Å². The van der Waals surface area contributed by atoms with E-state index in [0.29, 0.717) is 5.54 Å². The molecule has 0 bridgehead atoms. The molecule has 0 amide bonds. The van der Waals surface area contributed by atoms with Gasteiger partial charge in [-0.25, -0.2) is 0 Å². The van der Waals surface area contributed by atoms with Crippen molar-refractivity contribution in [1.82, 2.24) is 0 Å². The summed E-state index contributed by atoms with van der Waals surface area (Å²) in [5, 5.41) is 0.836. The second-order valence-electron chi connectivity index (χ2n) is 7.28. The van der Waals surface area contributed by atoms with Gasteiger partial charge in [0.2, 0.25) is 0 Å². The van der Waals surface area contributed by atoms with Gasteiger partial charge < -0.3 is 15.5 Å². The number of nitrogens with zero attached hydrogens (tertiary/aromatic N) is 1. The Morgan fingerprint density at radius 2 is 1.95 bits per heavy atom. The summed E-state index contributed by atoms with van der Waals surface area (Å²) in [5.41, 5.74) is 6.04. The number of anilines is 1. The molecule has 0 unspecified atom stereocenters. The van der Waals surface area contributed by atoms with Gasteiger partial charge in [-0.2, -0.15) is 0 Å². The molecule has 0 spiro atoms. The molecule has 3 nitrogen and oxygen atoms in total. The lowest BCUT2D eigenvalue weighted by Gasteiger charge is -2.46. The quantitative estimate of drug-likeness (QED) is 0.862. The summed E-state index contributed by atoms with van der Waals surface area (Å²) in [6.45, 7) is 8.22. The highest BCUT2D eigenvalue weighted by Gasteiger charge is 2.45. The average Bonchev–Trinajstić information content (AvgIpc) is 2.56. The van der Waals surface area contributed by atoms with Gasteiger partial charge in [-0.3, -0.25) is 0 Å². The molecular formula is C18H30ClN3+2. The Morgan fingerprint density at radius 1 is 1.27 bits per heavy atom. The fourth-order valence-corrected chi connectivity index (χ4v) is 4.52. The molecule has 1 heterocycles. The number of quaternary nitrogens is 2. The minimum absolute atomic E-state index is 0.451. The van der Waals surface area contributed by atoms with Crippen molar-refractivity contribution >= 4 is 17.3 Å². The van der Waals surface area contributed by atoms with Crippen LogP contribution in [0.4, 0.5) is 5.69 Å². The maximum absolute atomic E-state index is 6.13. The van der Waals surface area contributed by atoms with Crippen LogP contribution in [0.5, 0.6) is 0 Å². The first kappa shape index (κ1) is 16.1. The summed E-state index contributed by atoms with van der Waals surface area (Å²) < 4.78 is 0. The van der Waals surface area contributed by atoms with Crippen molar-refractivity contribution < 1.29 is 10.6 Å². The molecule has 3 rings (SSSR count).